The Balaban J connectivity index is 2.03. The van der Waals surface area contributed by atoms with E-state index in [2.05, 4.69) is 48.9 Å². The second-order valence-corrected chi connectivity index (χ2v) is 7.41. The number of amides is 1. The summed E-state index contributed by atoms with van der Waals surface area (Å²) < 4.78 is 5.95. The van der Waals surface area contributed by atoms with Crippen LogP contribution in [0.4, 0.5) is 0 Å². The molecule has 1 N–H and O–H groups in total. The molecule has 0 atom stereocenters. The number of ether oxygens (including phenoxy) is 1. The molecule has 1 aliphatic rings. The number of rotatable bonds is 4. The van der Waals surface area contributed by atoms with Crippen LogP contribution in [0.5, 0.6) is 5.75 Å². The minimum absolute atomic E-state index is 0.0609. The van der Waals surface area contributed by atoms with Crippen molar-refractivity contribution in [1.82, 2.24) is 5.32 Å². The Hall–Kier alpha value is -1.03. The minimum atomic E-state index is -0.0609. The van der Waals surface area contributed by atoms with Crippen molar-refractivity contribution >= 4 is 21.8 Å². The number of hydrogen-bond donors (Lipinski definition) is 1. The quantitative estimate of drug-likeness (QED) is 0.904. The van der Waals surface area contributed by atoms with E-state index in [1.165, 1.54) is 0 Å². The third-order valence-corrected chi connectivity index (χ3v) is 5.90. The Bertz CT molecular complexity index is 523. The molecule has 20 heavy (non-hydrogen) atoms. The van der Waals surface area contributed by atoms with Gasteiger partial charge in [0.1, 0.15) is 5.75 Å². The van der Waals surface area contributed by atoms with Gasteiger partial charge in [0.2, 0.25) is 0 Å². The van der Waals surface area contributed by atoms with E-state index in [0.29, 0.717) is 23.8 Å². The Labute approximate surface area is 129 Å². The van der Waals surface area contributed by atoms with Gasteiger partial charge in [-0.1, -0.05) is 27.7 Å². The van der Waals surface area contributed by atoms with Gasteiger partial charge in [0.15, 0.2) is 0 Å². The molecule has 0 spiro atoms. The van der Waals surface area contributed by atoms with Crippen molar-refractivity contribution < 1.29 is 9.53 Å². The zero-order valence-electron chi connectivity index (χ0n) is 12.7. The number of carbonyl (C=O) groups is 1. The lowest BCUT2D eigenvalue weighted by molar-refractivity contribution is 0.0949. The third-order valence-electron chi connectivity index (χ3n) is 5.20. The van der Waals surface area contributed by atoms with Crippen molar-refractivity contribution in [3.8, 4) is 5.75 Å². The van der Waals surface area contributed by atoms with E-state index < -0.39 is 0 Å². The predicted molar refractivity (Wildman–Crippen MR) is 84.1 cm³/mol. The maximum Gasteiger partial charge on any atom is 0.252 e. The fourth-order valence-corrected chi connectivity index (χ4v) is 3.37. The second kappa shape index (κ2) is 5.06. The maximum absolute atomic E-state index is 12.3. The highest BCUT2D eigenvalue weighted by Crippen LogP contribution is 2.67. The minimum Gasteiger partial charge on any atom is -0.497 e. The van der Waals surface area contributed by atoms with Gasteiger partial charge in [0.05, 0.1) is 12.7 Å². The first kappa shape index (κ1) is 15.4. The van der Waals surface area contributed by atoms with Crippen LogP contribution in [0.3, 0.4) is 0 Å². The van der Waals surface area contributed by atoms with E-state index in [1.54, 1.807) is 13.2 Å². The number of halogens is 1. The van der Waals surface area contributed by atoms with E-state index in [4.69, 9.17) is 4.74 Å². The van der Waals surface area contributed by atoms with Crippen molar-refractivity contribution in [3.63, 3.8) is 0 Å². The Morgan fingerprint density at radius 2 is 1.90 bits per heavy atom. The molecule has 110 valence electrons. The van der Waals surface area contributed by atoms with Gasteiger partial charge >= 0.3 is 0 Å². The smallest absolute Gasteiger partial charge is 0.252 e. The van der Waals surface area contributed by atoms with Gasteiger partial charge in [0.25, 0.3) is 5.91 Å². The SMILES string of the molecule is COc1ccc(Br)c(C(=O)NCC2C(C)(C)C2(C)C)c1. The Kier molecular flexibility index (Phi) is 3.89. The molecular formula is C16H22BrNO2. The van der Waals surface area contributed by atoms with E-state index >= 15 is 0 Å². The largest absolute Gasteiger partial charge is 0.497 e. The van der Waals surface area contributed by atoms with E-state index in [0.717, 1.165) is 4.47 Å². The van der Waals surface area contributed by atoms with Crippen LogP contribution in [0.2, 0.25) is 0 Å². The highest BCUT2D eigenvalue weighted by atomic mass is 79.9. The summed E-state index contributed by atoms with van der Waals surface area (Å²) in [4.78, 5) is 12.3. The van der Waals surface area contributed by atoms with Gasteiger partial charge in [-0.3, -0.25) is 4.79 Å². The molecular weight excluding hydrogens is 318 g/mol. The molecule has 1 aromatic rings. The normalized spacial score (nSPS) is 19.5. The van der Waals surface area contributed by atoms with Crippen LogP contribution in [0.15, 0.2) is 22.7 Å². The van der Waals surface area contributed by atoms with Crippen LogP contribution in [-0.2, 0) is 0 Å². The number of nitrogens with one attached hydrogen (secondary N) is 1. The van der Waals surface area contributed by atoms with E-state index in [-0.39, 0.29) is 16.7 Å². The molecule has 0 aromatic heterocycles. The molecule has 2 rings (SSSR count). The summed E-state index contributed by atoms with van der Waals surface area (Å²) in [5.74, 6) is 1.14. The summed E-state index contributed by atoms with van der Waals surface area (Å²) >= 11 is 3.41. The predicted octanol–water partition coefficient (Wildman–Crippen LogP) is 3.87. The van der Waals surface area contributed by atoms with Crippen LogP contribution in [0.25, 0.3) is 0 Å². The standard InChI is InChI=1S/C16H22BrNO2/c1-15(2)13(16(15,3)4)9-18-14(19)11-8-10(20-5)6-7-12(11)17/h6-8,13H,9H2,1-5H3,(H,18,19). The van der Waals surface area contributed by atoms with Crippen LogP contribution in [0, 0.1) is 16.7 Å². The highest BCUT2D eigenvalue weighted by molar-refractivity contribution is 9.10. The van der Waals surface area contributed by atoms with Crippen molar-refractivity contribution in [2.75, 3.05) is 13.7 Å². The molecule has 1 aromatic carbocycles. The van der Waals surface area contributed by atoms with Gasteiger partial charge in [-0.2, -0.15) is 0 Å². The first-order valence-electron chi connectivity index (χ1n) is 6.83. The molecule has 3 nitrogen and oxygen atoms in total. The van der Waals surface area contributed by atoms with Gasteiger partial charge in [-0.15, -0.1) is 0 Å². The molecule has 0 aliphatic heterocycles. The zero-order valence-corrected chi connectivity index (χ0v) is 14.3. The molecule has 0 heterocycles. The molecule has 0 radical (unpaired) electrons. The van der Waals surface area contributed by atoms with Gasteiger partial charge in [0, 0.05) is 11.0 Å². The first-order chi connectivity index (χ1) is 9.21. The maximum atomic E-state index is 12.3. The lowest BCUT2D eigenvalue weighted by Crippen LogP contribution is -2.27. The molecule has 1 saturated carbocycles. The molecule has 1 amide bonds. The molecule has 0 bridgehead atoms. The summed E-state index contributed by atoms with van der Waals surface area (Å²) in [7, 11) is 1.60. The van der Waals surface area contributed by atoms with Crippen LogP contribution < -0.4 is 10.1 Å². The van der Waals surface area contributed by atoms with Crippen LogP contribution in [0.1, 0.15) is 38.1 Å². The lowest BCUT2D eigenvalue weighted by atomic mass is 10.0. The molecule has 1 aliphatic carbocycles. The second-order valence-electron chi connectivity index (χ2n) is 6.55. The summed E-state index contributed by atoms with van der Waals surface area (Å²) in [5, 5.41) is 3.04. The van der Waals surface area contributed by atoms with Gasteiger partial charge in [-0.25, -0.2) is 0 Å². The lowest BCUT2D eigenvalue weighted by Gasteiger charge is -2.09. The fourth-order valence-electron chi connectivity index (χ4n) is 2.94. The fraction of sp³-hybridized carbons (Fsp3) is 0.562. The summed E-state index contributed by atoms with van der Waals surface area (Å²) in [5.41, 5.74) is 1.18. The van der Waals surface area contributed by atoms with Crippen LogP contribution >= 0.6 is 15.9 Å². The average molecular weight is 340 g/mol. The number of hydrogen-bond acceptors (Lipinski definition) is 2. The van der Waals surface area contributed by atoms with Crippen molar-refractivity contribution in [2.24, 2.45) is 16.7 Å². The molecule has 0 saturated heterocycles. The molecule has 1 fully saturated rings. The third kappa shape index (κ3) is 2.46. The topological polar surface area (TPSA) is 38.3 Å². The number of benzene rings is 1. The van der Waals surface area contributed by atoms with Crippen molar-refractivity contribution in [1.29, 1.82) is 0 Å². The molecule has 0 unspecified atom stereocenters. The summed E-state index contributed by atoms with van der Waals surface area (Å²) in [6.07, 6.45) is 0. The Morgan fingerprint density at radius 3 is 2.40 bits per heavy atom. The Morgan fingerprint density at radius 1 is 1.30 bits per heavy atom. The average Bonchev–Trinajstić information content (AvgIpc) is 2.77. The zero-order chi connectivity index (χ0) is 15.1. The van der Waals surface area contributed by atoms with Crippen LogP contribution in [-0.4, -0.2) is 19.6 Å². The van der Waals surface area contributed by atoms with Gasteiger partial charge in [-0.05, 0) is 50.9 Å². The summed E-state index contributed by atoms with van der Waals surface area (Å²) in [6.45, 7) is 9.73. The highest BCUT2D eigenvalue weighted by Gasteiger charge is 2.64. The number of methoxy groups -OCH3 is 1. The number of carbonyl (C=O) groups excluding carboxylic acids is 1. The monoisotopic (exact) mass is 339 g/mol. The molecule has 4 heteroatoms. The van der Waals surface area contributed by atoms with E-state index in [9.17, 15) is 4.79 Å². The van der Waals surface area contributed by atoms with E-state index in [1.807, 2.05) is 12.1 Å². The van der Waals surface area contributed by atoms with Gasteiger partial charge < -0.3 is 10.1 Å². The summed E-state index contributed by atoms with van der Waals surface area (Å²) in [6, 6.07) is 5.41. The van der Waals surface area contributed by atoms with Crippen molar-refractivity contribution in [3.05, 3.63) is 28.2 Å². The first-order valence-corrected chi connectivity index (χ1v) is 7.63. The van der Waals surface area contributed by atoms with Crippen molar-refractivity contribution in [2.45, 2.75) is 27.7 Å².